The molecule has 1 atom stereocenters. The molecule has 1 unspecified atom stereocenters. The predicted molar refractivity (Wildman–Crippen MR) is 126 cm³/mol. The number of amides is 1. The Morgan fingerprint density at radius 2 is 1.88 bits per heavy atom. The summed E-state index contributed by atoms with van der Waals surface area (Å²) >= 11 is 1.13. The predicted octanol–water partition coefficient (Wildman–Crippen LogP) is 3.88. The molecule has 8 nitrogen and oxygen atoms in total. The van der Waals surface area contributed by atoms with E-state index in [1.807, 2.05) is 0 Å². The van der Waals surface area contributed by atoms with Crippen LogP contribution in [-0.2, 0) is 22.5 Å². The molecular formula is C24H25N3O5S. The number of ketones is 1. The van der Waals surface area contributed by atoms with E-state index in [4.69, 9.17) is 4.74 Å². The van der Waals surface area contributed by atoms with E-state index < -0.39 is 18.0 Å². The van der Waals surface area contributed by atoms with Crippen molar-refractivity contribution in [1.82, 2.24) is 9.55 Å². The first-order valence-corrected chi connectivity index (χ1v) is 11.7. The molecule has 3 aromatic rings. The number of rotatable bonds is 5. The van der Waals surface area contributed by atoms with Crippen molar-refractivity contribution in [2.24, 2.45) is 0 Å². The van der Waals surface area contributed by atoms with Gasteiger partial charge in [-0.1, -0.05) is 6.42 Å². The number of esters is 1. The number of benzene rings is 1. The zero-order valence-corrected chi connectivity index (χ0v) is 19.6. The van der Waals surface area contributed by atoms with Gasteiger partial charge in [0.25, 0.3) is 11.5 Å². The molecule has 1 amide bonds. The number of hydrogen-bond acceptors (Lipinski definition) is 7. The average molecular weight is 468 g/mol. The van der Waals surface area contributed by atoms with Gasteiger partial charge in [-0.25, -0.2) is 9.78 Å². The quantitative estimate of drug-likeness (QED) is 0.451. The molecule has 33 heavy (non-hydrogen) atoms. The van der Waals surface area contributed by atoms with Crippen LogP contribution in [0.4, 0.5) is 5.69 Å². The monoisotopic (exact) mass is 467 g/mol. The Bertz CT molecular complexity index is 1310. The van der Waals surface area contributed by atoms with E-state index in [1.54, 1.807) is 35.8 Å². The van der Waals surface area contributed by atoms with E-state index in [-0.39, 0.29) is 16.2 Å². The molecule has 2 aromatic heterocycles. The van der Waals surface area contributed by atoms with Gasteiger partial charge in [0.1, 0.15) is 15.5 Å². The number of carbonyl (C=O) groups is 3. The van der Waals surface area contributed by atoms with Gasteiger partial charge in [0.2, 0.25) is 0 Å². The fourth-order valence-corrected chi connectivity index (χ4v) is 4.98. The zero-order chi connectivity index (χ0) is 23.7. The molecule has 1 aliphatic heterocycles. The summed E-state index contributed by atoms with van der Waals surface area (Å²) in [6.45, 7) is 5.29. The van der Waals surface area contributed by atoms with Gasteiger partial charge in [-0.3, -0.25) is 19.0 Å². The van der Waals surface area contributed by atoms with Crippen molar-refractivity contribution in [3.05, 3.63) is 56.4 Å². The maximum Gasteiger partial charge on any atom is 0.349 e. The lowest BCUT2D eigenvalue weighted by atomic mass is 10.1. The third-order valence-electron chi connectivity index (χ3n) is 5.81. The minimum Gasteiger partial charge on any atom is -0.448 e. The fourth-order valence-electron chi connectivity index (χ4n) is 3.90. The standard InChI is InChI=1S/C24H25N3O5S/c1-13-19-22(26-18-7-5-4-6-12-27(18)23(19)30)33-20(13)24(31)32-15(3)21(29)25-17-10-8-16(9-11-17)14(2)28/h8-11,15H,4-7,12H2,1-3H3,(H,25,29). The van der Waals surface area contributed by atoms with E-state index >= 15 is 0 Å². The van der Waals surface area contributed by atoms with Gasteiger partial charge in [0.15, 0.2) is 11.9 Å². The molecule has 172 valence electrons. The number of carbonyl (C=O) groups excluding carboxylic acids is 3. The summed E-state index contributed by atoms with van der Waals surface area (Å²) in [5.74, 6) is -0.471. The summed E-state index contributed by atoms with van der Waals surface area (Å²) in [7, 11) is 0. The highest BCUT2D eigenvalue weighted by atomic mass is 32.1. The SMILES string of the molecule is CC(=O)c1ccc(NC(=O)C(C)OC(=O)c2sc3nc4n(c(=O)c3c2C)CCCCC4)cc1. The van der Waals surface area contributed by atoms with Gasteiger partial charge in [0.05, 0.1) is 5.39 Å². The maximum absolute atomic E-state index is 13.1. The zero-order valence-electron chi connectivity index (χ0n) is 18.8. The second-order valence-electron chi connectivity index (χ2n) is 8.20. The van der Waals surface area contributed by atoms with Crippen molar-refractivity contribution >= 4 is 44.9 Å². The lowest BCUT2D eigenvalue weighted by molar-refractivity contribution is -0.123. The highest BCUT2D eigenvalue weighted by Gasteiger charge is 2.26. The van der Waals surface area contributed by atoms with Crippen LogP contribution in [0.3, 0.4) is 0 Å². The molecule has 0 spiro atoms. The van der Waals surface area contributed by atoms with Gasteiger partial charge in [-0.2, -0.15) is 0 Å². The van der Waals surface area contributed by atoms with Crippen LogP contribution in [0.15, 0.2) is 29.1 Å². The lowest BCUT2D eigenvalue weighted by Gasteiger charge is -2.13. The molecule has 0 saturated heterocycles. The van der Waals surface area contributed by atoms with Crippen LogP contribution in [0, 0.1) is 6.92 Å². The molecule has 0 aliphatic carbocycles. The van der Waals surface area contributed by atoms with Gasteiger partial charge < -0.3 is 10.1 Å². The first-order chi connectivity index (χ1) is 15.8. The summed E-state index contributed by atoms with van der Waals surface area (Å²) in [4.78, 5) is 55.3. The minimum atomic E-state index is -1.06. The number of ether oxygens (including phenoxy) is 1. The minimum absolute atomic E-state index is 0.0700. The molecule has 0 saturated carbocycles. The summed E-state index contributed by atoms with van der Waals surface area (Å²) in [5, 5.41) is 3.11. The highest BCUT2D eigenvalue weighted by Crippen LogP contribution is 2.29. The Kier molecular flexibility index (Phi) is 6.42. The second-order valence-corrected chi connectivity index (χ2v) is 9.20. The number of nitrogens with zero attached hydrogens (tertiary/aromatic N) is 2. The van der Waals surface area contributed by atoms with Crippen molar-refractivity contribution < 1.29 is 19.1 Å². The van der Waals surface area contributed by atoms with Gasteiger partial charge >= 0.3 is 5.97 Å². The number of aryl methyl sites for hydroxylation is 2. The summed E-state index contributed by atoms with van der Waals surface area (Å²) < 4.78 is 7.12. The molecule has 4 rings (SSSR count). The summed E-state index contributed by atoms with van der Waals surface area (Å²) in [6.07, 6.45) is 2.67. The van der Waals surface area contributed by atoms with Gasteiger partial charge in [-0.05, 0) is 63.4 Å². The second kappa shape index (κ2) is 9.27. The maximum atomic E-state index is 13.1. The molecule has 0 bridgehead atoms. The number of Topliss-reactive ketones (excluding diaryl/α,β-unsaturated/α-hetero) is 1. The summed E-state index contributed by atoms with van der Waals surface area (Å²) in [5.41, 5.74) is 1.44. The average Bonchev–Trinajstić information content (AvgIpc) is 2.95. The molecule has 0 radical (unpaired) electrons. The Hall–Kier alpha value is -3.33. The number of anilines is 1. The van der Waals surface area contributed by atoms with Crippen LogP contribution in [0.1, 0.15) is 64.5 Å². The molecular weight excluding hydrogens is 442 g/mol. The topological polar surface area (TPSA) is 107 Å². The van der Waals surface area contributed by atoms with E-state index in [1.165, 1.54) is 13.8 Å². The Morgan fingerprint density at radius 1 is 1.15 bits per heavy atom. The molecule has 1 N–H and O–H groups in total. The Labute approximate surface area is 194 Å². The van der Waals surface area contributed by atoms with Crippen molar-refractivity contribution in [1.29, 1.82) is 0 Å². The van der Waals surface area contributed by atoms with Crippen molar-refractivity contribution in [3.63, 3.8) is 0 Å². The third kappa shape index (κ3) is 4.59. The molecule has 1 aliphatic rings. The van der Waals surface area contributed by atoms with E-state index in [9.17, 15) is 19.2 Å². The van der Waals surface area contributed by atoms with Crippen LogP contribution < -0.4 is 10.9 Å². The molecule has 9 heteroatoms. The van der Waals surface area contributed by atoms with Crippen LogP contribution >= 0.6 is 11.3 Å². The molecule has 3 heterocycles. The van der Waals surface area contributed by atoms with Crippen LogP contribution in [0.25, 0.3) is 10.2 Å². The fraction of sp³-hybridized carbons (Fsp3) is 0.375. The van der Waals surface area contributed by atoms with E-state index in [2.05, 4.69) is 10.3 Å². The highest BCUT2D eigenvalue weighted by molar-refractivity contribution is 7.20. The number of hydrogen-bond donors (Lipinski definition) is 1. The normalized spacial score (nSPS) is 14.3. The van der Waals surface area contributed by atoms with E-state index in [0.717, 1.165) is 42.8 Å². The smallest absolute Gasteiger partial charge is 0.349 e. The number of fused-ring (bicyclic) bond motifs is 2. The van der Waals surface area contributed by atoms with Crippen molar-refractivity contribution in [3.8, 4) is 0 Å². The molecule has 0 fully saturated rings. The Morgan fingerprint density at radius 3 is 2.58 bits per heavy atom. The van der Waals surface area contributed by atoms with Crippen LogP contribution in [-0.4, -0.2) is 33.3 Å². The number of nitrogens with one attached hydrogen (secondary N) is 1. The van der Waals surface area contributed by atoms with Gasteiger partial charge in [-0.15, -0.1) is 11.3 Å². The van der Waals surface area contributed by atoms with E-state index in [0.29, 0.717) is 33.6 Å². The van der Waals surface area contributed by atoms with Crippen LogP contribution in [0.5, 0.6) is 0 Å². The Balaban J connectivity index is 1.51. The number of thiophene rings is 1. The van der Waals surface area contributed by atoms with Gasteiger partial charge in [0, 0.05) is 24.2 Å². The first kappa shape index (κ1) is 22.8. The van der Waals surface area contributed by atoms with Crippen LogP contribution in [0.2, 0.25) is 0 Å². The summed E-state index contributed by atoms with van der Waals surface area (Å²) in [6, 6.07) is 6.45. The van der Waals surface area contributed by atoms with Crippen molar-refractivity contribution in [2.75, 3.05) is 5.32 Å². The first-order valence-electron chi connectivity index (χ1n) is 10.9. The molecule has 1 aromatic carbocycles. The largest absolute Gasteiger partial charge is 0.448 e. The number of aromatic nitrogens is 2. The lowest BCUT2D eigenvalue weighted by Crippen LogP contribution is -2.30. The van der Waals surface area contributed by atoms with Crippen molar-refractivity contribution in [2.45, 2.75) is 59.1 Å². The third-order valence-corrected chi connectivity index (χ3v) is 6.97.